The van der Waals surface area contributed by atoms with Crippen molar-refractivity contribution in [1.82, 2.24) is 10.3 Å². The number of nitrogens with one attached hydrogen (secondary N) is 2. The number of carbonyl (C=O) groups is 1. The van der Waals surface area contributed by atoms with Gasteiger partial charge in [-0.25, -0.2) is 8.42 Å². The van der Waals surface area contributed by atoms with E-state index in [9.17, 15) is 13.2 Å². The largest absolute Gasteiger partial charge is 0.482 e. The van der Waals surface area contributed by atoms with Gasteiger partial charge in [-0.1, -0.05) is 29.3 Å². The van der Waals surface area contributed by atoms with E-state index >= 15 is 0 Å². The molecule has 156 valence electrons. The van der Waals surface area contributed by atoms with Crippen molar-refractivity contribution in [2.75, 3.05) is 11.3 Å². The van der Waals surface area contributed by atoms with Crippen LogP contribution in [0.2, 0.25) is 10.0 Å². The lowest BCUT2D eigenvalue weighted by Crippen LogP contribution is -2.28. The number of benzene rings is 2. The standard InChI is InChI=1S/C20H17Cl2N3O4S/c21-14-4-6-15(7-5-14)25-30(27,28)17-8-9-19(18(22)11-17)29-13-20(26)24-12-16-3-1-2-10-23-16/h1-11,25H,12-13H2,(H,24,26). The molecule has 0 unspecified atom stereocenters. The van der Waals surface area contributed by atoms with Crippen LogP contribution in [0.25, 0.3) is 0 Å². The minimum atomic E-state index is -3.86. The molecule has 0 spiro atoms. The maximum Gasteiger partial charge on any atom is 0.261 e. The quantitative estimate of drug-likeness (QED) is 0.525. The molecular weight excluding hydrogens is 449 g/mol. The van der Waals surface area contributed by atoms with Gasteiger partial charge in [0.1, 0.15) is 5.75 Å². The van der Waals surface area contributed by atoms with Gasteiger partial charge in [-0.05, 0) is 54.6 Å². The summed E-state index contributed by atoms with van der Waals surface area (Å²) in [6, 6.07) is 15.6. The van der Waals surface area contributed by atoms with Crippen molar-refractivity contribution in [1.29, 1.82) is 0 Å². The Hall–Kier alpha value is -2.81. The maximum absolute atomic E-state index is 12.5. The average Bonchev–Trinajstić information content (AvgIpc) is 2.73. The summed E-state index contributed by atoms with van der Waals surface area (Å²) >= 11 is 11.9. The SMILES string of the molecule is O=C(COc1ccc(S(=O)(=O)Nc2ccc(Cl)cc2)cc1Cl)NCc1ccccn1. The molecule has 0 aliphatic rings. The molecule has 7 nitrogen and oxygen atoms in total. The third-order valence-corrected chi connectivity index (χ3v) is 5.79. The first-order chi connectivity index (χ1) is 14.3. The van der Waals surface area contributed by atoms with E-state index in [4.69, 9.17) is 27.9 Å². The van der Waals surface area contributed by atoms with Crippen molar-refractivity contribution < 1.29 is 17.9 Å². The van der Waals surface area contributed by atoms with Gasteiger partial charge in [-0.3, -0.25) is 14.5 Å². The Kier molecular flexibility index (Phi) is 7.15. The van der Waals surface area contributed by atoms with Gasteiger partial charge >= 0.3 is 0 Å². The van der Waals surface area contributed by atoms with Crippen LogP contribution < -0.4 is 14.8 Å². The second-order valence-corrected chi connectivity index (χ2v) is 8.62. The highest BCUT2D eigenvalue weighted by Crippen LogP contribution is 2.28. The lowest BCUT2D eigenvalue weighted by atomic mass is 10.3. The fourth-order valence-electron chi connectivity index (χ4n) is 2.38. The normalized spacial score (nSPS) is 11.0. The molecule has 0 saturated carbocycles. The second kappa shape index (κ2) is 9.80. The molecule has 0 aliphatic carbocycles. The van der Waals surface area contributed by atoms with Crippen LogP contribution in [-0.4, -0.2) is 25.9 Å². The summed E-state index contributed by atoms with van der Waals surface area (Å²) in [6.45, 7) is -0.00795. The van der Waals surface area contributed by atoms with Crippen LogP contribution >= 0.6 is 23.2 Å². The number of sulfonamides is 1. The first kappa shape index (κ1) is 21.9. The van der Waals surface area contributed by atoms with E-state index in [1.807, 2.05) is 6.07 Å². The molecule has 30 heavy (non-hydrogen) atoms. The predicted octanol–water partition coefficient (Wildman–Crippen LogP) is 3.88. The second-order valence-electron chi connectivity index (χ2n) is 6.09. The molecular formula is C20H17Cl2N3O4S. The Labute approximate surface area is 184 Å². The third kappa shape index (κ3) is 6.09. The Bertz CT molecular complexity index is 1120. The molecule has 10 heteroatoms. The number of amides is 1. The minimum absolute atomic E-state index is 0.0468. The highest BCUT2D eigenvalue weighted by molar-refractivity contribution is 7.92. The van der Waals surface area contributed by atoms with Crippen LogP contribution in [0, 0.1) is 0 Å². The van der Waals surface area contributed by atoms with Crippen LogP contribution in [-0.2, 0) is 21.4 Å². The molecule has 0 saturated heterocycles. The van der Waals surface area contributed by atoms with Gasteiger partial charge in [-0.15, -0.1) is 0 Å². The van der Waals surface area contributed by atoms with Crippen molar-refractivity contribution in [2.45, 2.75) is 11.4 Å². The first-order valence-electron chi connectivity index (χ1n) is 8.71. The monoisotopic (exact) mass is 465 g/mol. The molecule has 1 amide bonds. The molecule has 3 aromatic rings. The first-order valence-corrected chi connectivity index (χ1v) is 10.9. The molecule has 1 aromatic heterocycles. The van der Waals surface area contributed by atoms with E-state index in [0.29, 0.717) is 16.4 Å². The molecule has 3 rings (SSSR count). The van der Waals surface area contributed by atoms with Crippen molar-refractivity contribution in [3.63, 3.8) is 0 Å². The van der Waals surface area contributed by atoms with Crippen LogP contribution in [0.5, 0.6) is 5.75 Å². The van der Waals surface area contributed by atoms with E-state index in [0.717, 1.165) is 0 Å². The zero-order valence-corrected chi connectivity index (χ0v) is 17.8. The summed E-state index contributed by atoms with van der Waals surface area (Å²) in [5.41, 5.74) is 1.08. The van der Waals surface area contributed by atoms with Gasteiger partial charge < -0.3 is 10.1 Å². The number of aromatic nitrogens is 1. The van der Waals surface area contributed by atoms with E-state index in [1.54, 1.807) is 42.6 Å². The highest BCUT2D eigenvalue weighted by Gasteiger charge is 2.17. The average molecular weight is 466 g/mol. The molecule has 0 fully saturated rings. The lowest BCUT2D eigenvalue weighted by molar-refractivity contribution is -0.123. The van der Waals surface area contributed by atoms with E-state index in [2.05, 4.69) is 15.0 Å². The third-order valence-electron chi connectivity index (χ3n) is 3.86. The summed E-state index contributed by atoms with van der Waals surface area (Å²) in [5, 5.41) is 3.22. The summed E-state index contributed by atoms with van der Waals surface area (Å²) in [4.78, 5) is 16.0. The fraction of sp³-hybridized carbons (Fsp3) is 0.100. The van der Waals surface area contributed by atoms with Crippen LogP contribution in [0.15, 0.2) is 71.8 Å². The maximum atomic E-state index is 12.5. The summed E-state index contributed by atoms with van der Waals surface area (Å²) in [7, 11) is -3.86. The Morgan fingerprint density at radius 3 is 2.47 bits per heavy atom. The zero-order chi connectivity index (χ0) is 21.6. The number of carbonyl (C=O) groups excluding carboxylic acids is 1. The molecule has 0 bridgehead atoms. The predicted molar refractivity (Wildman–Crippen MR) is 115 cm³/mol. The highest BCUT2D eigenvalue weighted by atomic mass is 35.5. The van der Waals surface area contributed by atoms with Crippen molar-refractivity contribution in [2.24, 2.45) is 0 Å². The number of nitrogens with zero attached hydrogens (tertiary/aromatic N) is 1. The number of hydrogen-bond donors (Lipinski definition) is 2. The minimum Gasteiger partial charge on any atom is -0.482 e. The zero-order valence-electron chi connectivity index (χ0n) is 15.5. The van der Waals surface area contributed by atoms with Gasteiger partial charge in [0.25, 0.3) is 15.9 Å². The number of hydrogen-bond acceptors (Lipinski definition) is 5. The Morgan fingerprint density at radius 2 is 1.80 bits per heavy atom. The number of halogens is 2. The topological polar surface area (TPSA) is 97.4 Å². The number of pyridine rings is 1. The number of anilines is 1. The molecule has 1 heterocycles. The van der Waals surface area contributed by atoms with Gasteiger partial charge in [-0.2, -0.15) is 0 Å². The lowest BCUT2D eigenvalue weighted by Gasteiger charge is -2.11. The van der Waals surface area contributed by atoms with Gasteiger partial charge in [0.15, 0.2) is 6.61 Å². The summed E-state index contributed by atoms with van der Waals surface area (Å²) < 4.78 is 32.9. The van der Waals surface area contributed by atoms with E-state index in [-0.39, 0.29) is 34.7 Å². The summed E-state index contributed by atoms with van der Waals surface area (Å²) in [6.07, 6.45) is 1.63. The molecule has 0 atom stereocenters. The van der Waals surface area contributed by atoms with E-state index < -0.39 is 10.0 Å². The smallest absolute Gasteiger partial charge is 0.261 e. The van der Waals surface area contributed by atoms with Crippen molar-refractivity contribution >= 4 is 44.8 Å². The molecule has 2 N–H and O–H groups in total. The number of ether oxygens (including phenoxy) is 1. The van der Waals surface area contributed by atoms with Crippen LogP contribution in [0.1, 0.15) is 5.69 Å². The fourth-order valence-corrected chi connectivity index (χ4v) is 3.89. The molecule has 0 radical (unpaired) electrons. The van der Waals surface area contributed by atoms with Gasteiger partial charge in [0, 0.05) is 16.9 Å². The van der Waals surface area contributed by atoms with Crippen molar-refractivity contribution in [3.8, 4) is 5.75 Å². The number of rotatable bonds is 8. The molecule has 2 aromatic carbocycles. The van der Waals surface area contributed by atoms with Gasteiger partial charge in [0.2, 0.25) is 0 Å². The Morgan fingerprint density at radius 1 is 1.03 bits per heavy atom. The van der Waals surface area contributed by atoms with Gasteiger partial charge in [0.05, 0.1) is 22.2 Å². The Balaban J connectivity index is 1.59. The van der Waals surface area contributed by atoms with Crippen LogP contribution in [0.3, 0.4) is 0 Å². The van der Waals surface area contributed by atoms with Crippen molar-refractivity contribution in [3.05, 3.63) is 82.6 Å². The van der Waals surface area contributed by atoms with E-state index in [1.165, 1.54) is 18.2 Å². The molecule has 0 aliphatic heterocycles. The van der Waals surface area contributed by atoms with Crippen LogP contribution in [0.4, 0.5) is 5.69 Å². The summed E-state index contributed by atoms with van der Waals surface area (Å²) in [5.74, 6) is -0.173.